The molecule has 1 aromatic rings. The fourth-order valence-electron chi connectivity index (χ4n) is 2.31. The summed E-state index contributed by atoms with van der Waals surface area (Å²) in [5.74, 6) is -0.228. The van der Waals surface area contributed by atoms with E-state index in [-0.39, 0.29) is 11.9 Å². The molecule has 1 saturated carbocycles. The highest BCUT2D eigenvalue weighted by Gasteiger charge is 2.27. The van der Waals surface area contributed by atoms with E-state index in [4.69, 9.17) is 11.6 Å². The average Bonchev–Trinajstić information content (AvgIpc) is 2.41. The molecule has 1 aliphatic carbocycles. The fraction of sp³-hybridized carbons (Fsp3) is 0.500. The second-order valence-electron chi connectivity index (χ2n) is 4.74. The lowest BCUT2D eigenvalue weighted by molar-refractivity contribution is -0.122. The van der Waals surface area contributed by atoms with Crippen LogP contribution in [0.2, 0.25) is 0 Å². The fourth-order valence-corrected chi connectivity index (χ4v) is 2.52. The smallest absolute Gasteiger partial charge is 0.242 e. The molecule has 1 amide bonds. The van der Waals surface area contributed by atoms with Gasteiger partial charge < -0.3 is 10.4 Å². The molecule has 2 rings (SSSR count). The molecule has 0 aliphatic heterocycles. The quantitative estimate of drug-likeness (QED) is 0.826. The van der Waals surface area contributed by atoms with Gasteiger partial charge in [0.05, 0.1) is 12.1 Å². The standard InChI is InChI=1S/C14H18ClNO2/c15-13(10-6-2-1-3-7-10)14(18)16-11-8-4-5-9-12(11)17/h1-3,6-7,11-13,17H,4-5,8-9H2,(H,16,18). The second-order valence-corrected chi connectivity index (χ2v) is 5.18. The van der Waals surface area contributed by atoms with Gasteiger partial charge >= 0.3 is 0 Å². The van der Waals surface area contributed by atoms with Gasteiger partial charge in [-0.15, -0.1) is 11.6 Å². The van der Waals surface area contributed by atoms with E-state index in [2.05, 4.69) is 5.32 Å². The Kier molecular flexibility index (Phi) is 4.61. The summed E-state index contributed by atoms with van der Waals surface area (Å²) in [6.07, 6.45) is 3.20. The average molecular weight is 268 g/mol. The van der Waals surface area contributed by atoms with Crippen molar-refractivity contribution in [1.82, 2.24) is 5.32 Å². The van der Waals surface area contributed by atoms with Gasteiger partial charge in [0.25, 0.3) is 0 Å². The summed E-state index contributed by atoms with van der Waals surface area (Å²) in [6, 6.07) is 9.09. The molecule has 1 aliphatic rings. The second kappa shape index (κ2) is 6.21. The summed E-state index contributed by atoms with van der Waals surface area (Å²) in [5.41, 5.74) is 0.780. The van der Waals surface area contributed by atoms with E-state index < -0.39 is 11.5 Å². The molecule has 0 spiro atoms. The summed E-state index contributed by atoms with van der Waals surface area (Å²) < 4.78 is 0. The van der Waals surface area contributed by atoms with Gasteiger partial charge in [0, 0.05) is 0 Å². The van der Waals surface area contributed by atoms with Crippen molar-refractivity contribution >= 4 is 17.5 Å². The third kappa shape index (κ3) is 3.24. The lowest BCUT2D eigenvalue weighted by Gasteiger charge is -2.29. The normalized spacial score (nSPS) is 25.4. The number of carbonyl (C=O) groups excluding carboxylic acids is 1. The van der Waals surface area contributed by atoms with Crippen LogP contribution >= 0.6 is 11.6 Å². The first-order chi connectivity index (χ1) is 8.68. The van der Waals surface area contributed by atoms with Crippen LogP contribution in [0.1, 0.15) is 36.6 Å². The van der Waals surface area contributed by atoms with Gasteiger partial charge in [-0.25, -0.2) is 0 Å². The van der Waals surface area contributed by atoms with Crippen molar-refractivity contribution < 1.29 is 9.90 Å². The van der Waals surface area contributed by atoms with Crippen molar-refractivity contribution in [2.45, 2.75) is 43.2 Å². The molecule has 2 N–H and O–H groups in total. The number of carbonyl (C=O) groups is 1. The number of benzene rings is 1. The van der Waals surface area contributed by atoms with E-state index in [1.807, 2.05) is 30.3 Å². The maximum Gasteiger partial charge on any atom is 0.242 e. The van der Waals surface area contributed by atoms with E-state index >= 15 is 0 Å². The minimum Gasteiger partial charge on any atom is -0.391 e. The van der Waals surface area contributed by atoms with Crippen molar-refractivity contribution in [3.8, 4) is 0 Å². The summed E-state index contributed by atoms with van der Waals surface area (Å²) >= 11 is 6.13. The first kappa shape index (κ1) is 13.4. The largest absolute Gasteiger partial charge is 0.391 e. The van der Waals surface area contributed by atoms with Gasteiger partial charge in [-0.05, 0) is 18.4 Å². The zero-order valence-corrected chi connectivity index (χ0v) is 10.9. The summed E-state index contributed by atoms with van der Waals surface area (Å²) in [7, 11) is 0. The predicted octanol–water partition coefficient (Wildman–Crippen LogP) is 2.39. The van der Waals surface area contributed by atoms with E-state index in [1.54, 1.807) is 0 Å². The van der Waals surface area contributed by atoms with Gasteiger partial charge in [-0.3, -0.25) is 4.79 Å². The van der Waals surface area contributed by atoms with Crippen LogP contribution in [0.5, 0.6) is 0 Å². The Morgan fingerprint density at radius 1 is 1.28 bits per heavy atom. The molecule has 1 fully saturated rings. The first-order valence-electron chi connectivity index (χ1n) is 6.36. The van der Waals surface area contributed by atoms with Crippen molar-refractivity contribution in [2.75, 3.05) is 0 Å². The van der Waals surface area contributed by atoms with Gasteiger partial charge in [0.2, 0.25) is 5.91 Å². The Bertz CT molecular complexity index is 396. The van der Waals surface area contributed by atoms with Crippen molar-refractivity contribution in [2.24, 2.45) is 0 Å². The molecule has 3 unspecified atom stereocenters. The molecule has 0 heterocycles. The molecule has 3 nitrogen and oxygen atoms in total. The summed E-state index contributed by atoms with van der Waals surface area (Å²) in [4.78, 5) is 12.0. The third-order valence-electron chi connectivity index (χ3n) is 3.38. The van der Waals surface area contributed by atoms with Gasteiger partial charge in [0.1, 0.15) is 5.38 Å². The van der Waals surface area contributed by atoms with Crippen molar-refractivity contribution in [3.63, 3.8) is 0 Å². The number of hydrogen-bond acceptors (Lipinski definition) is 2. The van der Waals surface area contributed by atoms with E-state index in [0.29, 0.717) is 0 Å². The SMILES string of the molecule is O=C(NC1CCCCC1O)C(Cl)c1ccccc1. The highest BCUT2D eigenvalue weighted by Crippen LogP contribution is 2.23. The Balaban J connectivity index is 1.95. The number of alkyl halides is 1. The van der Waals surface area contributed by atoms with Crippen LogP contribution in [0.3, 0.4) is 0 Å². The van der Waals surface area contributed by atoms with E-state index in [1.165, 1.54) is 0 Å². The number of hydrogen-bond donors (Lipinski definition) is 2. The Labute approximate surface area is 112 Å². The van der Waals surface area contributed by atoms with Crippen LogP contribution < -0.4 is 5.32 Å². The highest BCUT2D eigenvalue weighted by molar-refractivity contribution is 6.30. The monoisotopic (exact) mass is 267 g/mol. The molecule has 0 bridgehead atoms. The van der Waals surface area contributed by atoms with Crippen LogP contribution in [0.4, 0.5) is 0 Å². The Morgan fingerprint density at radius 3 is 2.61 bits per heavy atom. The van der Waals surface area contributed by atoms with Crippen LogP contribution in [0.25, 0.3) is 0 Å². The maximum absolute atomic E-state index is 12.0. The topological polar surface area (TPSA) is 49.3 Å². The number of amides is 1. The minimum absolute atomic E-state index is 0.156. The molecule has 0 aromatic heterocycles. The molecule has 18 heavy (non-hydrogen) atoms. The van der Waals surface area contributed by atoms with Crippen LogP contribution in [-0.2, 0) is 4.79 Å². The maximum atomic E-state index is 12.0. The van der Waals surface area contributed by atoms with Crippen LogP contribution in [-0.4, -0.2) is 23.2 Å². The molecule has 98 valence electrons. The number of aliphatic hydroxyl groups excluding tert-OH is 1. The molecule has 4 heteroatoms. The number of halogens is 1. The summed E-state index contributed by atoms with van der Waals surface area (Å²) in [5, 5.41) is 12.0. The van der Waals surface area contributed by atoms with Crippen molar-refractivity contribution in [3.05, 3.63) is 35.9 Å². The highest BCUT2D eigenvalue weighted by atomic mass is 35.5. The number of nitrogens with one attached hydrogen (secondary N) is 1. The van der Waals surface area contributed by atoms with Crippen LogP contribution in [0, 0.1) is 0 Å². The van der Waals surface area contributed by atoms with Gasteiger partial charge in [-0.2, -0.15) is 0 Å². The van der Waals surface area contributed by atoms with E-state index in [9.17, 15) is 9.90 Å². The Hall–Kier alpha value is -1.06. The predicted molar refractivity (Wildman–Crippen MR) is 71.4 cm³/mol. The third-order valence-corrected chi connectivity index (χ3v) is 3.83. The zero-order chi connectivity index (χ0) is 13.0. The number of rotatable bonds is 3. The molecule has 1 aromatic carbocycles. The molecular formula is C14H18ClNO2. The summed E-state index contributed by atoms with van der Waals surface area (Å²) in [6.45, 7) is 0. The van der Waals surface area contributed by atoms with Gasteiger partial charge in [0.15, 0.2) is 0 Å². The lowest BCUT2D eigenvalue weighted by atomic mass is 9.92. The van der Waals surface area contributed by atoms with E-state index in [0.717, 1.165) is 31.2 Å². The lowest BCUT2D eigenvalue weighted by Crippen LogP contribution is -2.46. The molecule has 0 radical (unpaired) electrons. The molecule has 3 atom stereocenters. The molecule has 0 saturated heterocycles. The first-order valence-corrected chi connectivity index (χ1v) is 6.79. The van der Waals surface area contributed by atoms with Crippen molar-refractivity contribution in [1.29, 1.82) is 0 Å². The Morgan fingerprint density at radius 2 is 1.94 bits per heavy atom. The van der Waals surface area contributed by atoms with Gasteiger partial charge in [-0.1, -0.05) is 43.2 Å². The zero-order valence-electron chi connectivity index (χ0n) is 10.2. The minimum atomic E-state index is -0.694. The number of aliphatic hydroxyl groups is 1. The molecular weight excluding hydrogens is 250 g/mol. The van der Waals surface area contributed by atoms with Crippen LogP contribution in [0.15, 0.2) is 30.3 Å².